The Balaban J connectivity index is 1.78. The Morgan fingerprint density at radius 2 is 1.96 bits per heavy atom. The van der Waals surface area contributed by atoms with Gasteiger partial charge in [-0.2, -0.15) is 0 Å². The van der Waals surface area contributed by atoms with Crippen LogP contribution in [0.5, 0.6) is 5.75 Å². The topological polar surface area (TPSA) is 60.9 Å². The maximum absolute atomic E-state index is 14.1. The van der Waals surface area contributed by atoms with Gasteiger partial charge in [0.25, 0.3) is 5.91 Å². The lowest BCUT2D eigenvalue weighted by Gasteiger charge is -2.29. The average molecular weight is 354 g/mol. The number of benzene rings is 2. The first-order chi connectivity index (χ1) is 12.4. The number of amides is 2. The molecule has 0 radical (unpaired) electrons. The number of nitrogens with zero attached hydrogens (tertiary/aromatic N) is 2. The van der Waals surface area contributed by atoms with Crippen LogP contribution in [0.2, 0.25) is 0 Å². The molecule has 2 aromatic rings. The highest BCUT2D eigenvalue weighted by Gasteiger charge is 2.24. The van der Waals surface area contributed by atoms with Crippen molar-refractivity contribution in [1.82, 2.24) is 4.90 Å². The molecule has 5 nitrogen and oxygen atoms in total. The molecule has 6 heteroatoms. The van der Waals surface area contributed by atoms with Crippen LogP contribution in [0.25, 0.3) is 0 Å². The van der Waals surface area contributed by atoms with E-state index < -0.39 is 5.82 Å². The van der Waals surface area contributed by atoms with Gasteiger partial charge in [0, 0.05) is 43.0 Å². The van der Waals surface area contributed by atoms with E-state index >= 15 is 0 Å². The number of likely N-dealkylation sites (N-methyl/N-ethyl adjacent to an activating group) is 1. The summed E-state index contributed by atoms with van der Waals surface area (Å²) in [6.45, 7) is 4.06. The number of anilines is 1. The van der Waals surface area contributed by atoms with Gasteiger partial charge in [-0.05, 0) is 48.4 Å². The smallest absolute Gasteiger partial charge is 0.254 e. The van der Waals surface area contributed by atoms with Crippen LogP contribution >= 0.6 is 0 Å². The van der Waals surface area contributed by atoms with Gasteiger partial charge >= 0.3 is 0 Å². The molecule has 0 aromatic heterocycles. The lowest BCUT2D eigenvalue weighted by Crippen LogP contribution is -2.36. The van der Waals surface area contributed by atoms with Crippen molar-refractivity contribution in [2.75, 3.05) is 18.5 Å². The Hall–Kier alpha value is -3.15. The molecule has 0 unspecified atom stereocenters. The minimum Gasteiger partial charge on any atom is -0.508 e. The Kier molecular flexibility index (Phi) is 4.75. The van der Waals surface area contributed by atoms with Gasteiger partial charge < -0.3 is 14.9 Å². The normalized spacial score (nSPS) is 13.1. The summed E-state index contributed by atoms with van der Waals surface area (Å²) in [7, 11) is 1.63. The first-order valence-electron chi connectivity index (χ1n) is 8.20. The van der Waals surface area contributed by atoms with Crippen LogP contribution < -0.4 is 4.90 Å². The fraction of sp³-hybridized carbons (Fsp3) is 0.200. The maximum atomic E-state index is 14.1. The van der Waals surface area contributed by atoms with Gasteiger partial charge in [0.2, 0.25) is 5.91 Å². The molecule has 134 valence electrons. The number of hydrogen-bond acceptors (Lipinski definition) is 3. The first-order valence-corrected chi connectivity index (χ1v) is 8.20. The van der Waals surface area contributed by atoms with Crippen molar-refractivity contribution in [3.8, 4) is 5.75 Å². The van der Waals surface area contributed by atoms with Crippen molar-refractivity contribution < 1.29 is 19.1 Å². The summed E-state index contributed by atoms with van der Waals surface area (Å²) in [4.78, 5) is 27.4. The molecule has 3 rings (SSSR count). The van der Waals surface area contributed by atoms with Gasteiger partial charge in [0.15, 0.2) is 0 Å². The van der Waals surface area contributed by atoms with Crippen molar-refractivity contribution in [3.63, 3.8) is 0 Å². The molecule has 0 atom stereocenters. The SMILES string of the molecule is C=CC(=O)N(C)c1ccc(C(=O)N2CCc3cc(O)cc(F)c3C2)cc1. The zero-order chi connectivity index (χ0) is 18.8. The number of carbonyl (C=O) groups is 2. The third-order valence-electron chi connectivity index (χ3n) is 4.57. The van der Waals surface area contributed by atoms with Gasteiger partial charge in [-0.3, -0.25) is 9.59 Å². The number of hydrogen-bond donors (Lipinski definition) is 1. The largest absolute Gasteiger partial charge is 0.508 e. The lowest BCUT2D eigenvalue weighted by molar-refractivity contribution is -0.113. The maximum Gasteiger partial charge on any atom is 0.254 e. The van der Waals surface area contributed by atoms with Crippen LogP contribution in [0.1, 0.15) is 21.5 Å². The lowest BCUT2D eigenvalue weighted by atomic mass is 9.98. The van der Waals surface area contributed by atoms with Crippen molar-refractivity contribution >= 4 is 17.5 Å². The predicted octanol–water partition coefficient (Wildman–Crippen LogP) is 2.88. The summed E-state index contributed by atoms with van der Waals surface area (Å²) in [6.07, 6.45) is 1.71. The number of phenolic OH excluding ortho intramolecular Hbond substituents is 1. The summed E-state index contributed by atoms with van der Waals surface area (Å²) in [6, 6.07) is 9.27. The van der Waals surface area contributed by atoms with Crippen LogP contribution in [0.15, 0.2) is 49.1 Å². The number of aromatic hydroxyl groups is 1. The van der Waals surface area contributed by atoms with Gasteiger partial charge in [-0.15, -0.1) is 0 Å². The van der Waals surface area contributed by atoms with Gasteiger partial charge in [-0.1, -0.05) is 6.58 Å². The predicted molar refractivity (Wildman–Crippen MR) is 96.6 cm³/mol. The number of phenols is 1. The molecule has 1 aliphatic rings. The van der Waals surface area contributed by atoms with Gasteiger partial charge in [-0.25, -0.2) is 4.39 Å². The quantitative estimate of drug-likeness (QED) is 0.862. The number of fused-ring (bicyclic) bond motifs is 1. The summed E-state index contributed by atoms with van der Waals surface area (Å²) in [5.74, 6) is -1.05. The van der Waals surface area contributed by atoms with E-state index in [2.05, 4.69) is 6.58 Å². The Morgan fingerprint density at radius 1 is 1.27 bits per heavy atom. The fourth-order valence-corrected chi connectivity index (χ4v) is 3.05. The molecule has 0 aliphatic carbocycles. The summed E-state index contributed by atoms with van der Waals surface area (Å²) in [5.41, 5.74) is 2.29. The fourth-order valence-electron chi connectivity index (χ4n) is 3.05. The Bertz CT molecular complexity index is 877. The van der Waals surface area contributed by atoms with Crippen LogP contribution in [-0.2, 0) is 17.8 Å². The Morgan fingerprint density at radius 3 is 2.62 bits per heavy atom. The third kappa shape index (κ3) is 3.31. The number of rotatable bonds is 3. The highest BCUT2D eigenvalue weighted by Crippen LogP contribution is 2.27. The summed E-state index contributed by atoms with van der Waals surface area (Å²) < 4.78 is 14.1. The van der Waals surface area contributed by atoms with E-state index in [4.69, 9.17) is 0 Å². The second-order valence-electron chi connectivity index (χ2n) is 6.19. The first kappa shape index (κ1) is 17.7. The summed E-state index contributed by atoms with van der Waals surface area (Å²) >= 11 is 0. The van der Waals surface area contributed by atoms with E-state index in [1.807, 2.05) is 0 Å². The van der Waals surface area contributed by atoms with E-state index in [1.54, 1.807) is 42.3 Å². The van der Waals surface area contributed by atoms with Crippen molar-refractivity contribution in [2.24, 2.45) is 0 Å². The molecule has 1 aliphatic heterocycles. The molecule has 0 saturated carbocycles. The molecule has 2 amide bonds. The number of carbonyl (C=O) groups excluding carboxylic acids is 2. The van der Waals surface area contributed by atoms with Crippen molar-refractivity contribution in [2.45, 2.75) is 13.0 Å². The standard InChI is InChI=1S/C20H19FN2O3/c1-3-19(25)22(2)15-6-4-13(5-7-15)20(26)23-9-8-14-10-16(24)11-18(21)17(14)12-23/h3-7,10-11,24H,1,8-9,12H2,2H3. The van der Waals surface area contributed by atoms with Gasteiger partial charge in [0.1, 0.15) is 11.6 Å². The molecule has 1 heterocycles. The molecule has 26 heavy (non-hydrogen) atoms. The second-order valence-corrected chi connectivity index (χ2v) is 6.19. The molecule has 1 N–H and O–H groups in total. The third-order valence-corrected chi connectivity index (χ3v) is 4.57. The van der Waals surface area contributed by atoms with Crippen LogP contribution in [0.4, 0.5) is 10.1 Å². The molecule has 2 aromatic carbocycles. The van der Waals surface area contributed by atoms with E-state index in [0.29, 0.717) is 29.8 Å². The zero-order valence-corrected chi connectivity index (χ0v) is 14.4. The Labute approximate surface area is 151 Å². The van der Waals surface area contributed by atoms with E-state index in [9.17, 15) is 19.1 Å². The molecular formula is C20H19FN2O3. The highest BCUT2D eigenvalue weighted by atomic mass is 19.1. The number of halogens is 1. The van der Waals surface area contributed by atoms with E-state index in [0.717, 1.165) is 11.6 Å². The van der Waals surface area contributed by atoms with Crippen molar-refractivity contribution in [3.05, 3.63) is 71.6 Å². The minimum atomic E-state index is -0.502. The molecule has 0 spiro atoms. The van der Waals surface area contributed by atoms with Gasteiger partial charge in [0.05, 0.1) is 0 Å². The average Bonchev–Trinajstić information content (AvgIpc) is 2.66. The molecular weight excluding hydrogens is 335 g/mol. The van der Waals surface area contributed by atoms with Crippen LogP contribution in [-0.4, -0.2) is 35.4 Å². The van der Waals surface area contributed by atoms with Crippen LogP contribution in [0, 0.1) is 5.82 Å². The van der Waals surface area contributed by atoms with Crippen molar-refractivity contribution in [1.29, 1.82) is 0 Å². The minimum absolute atomic E-state index is 0.102. The molecule has 0 bridgehead atoms. The van der Waals surface area contributed by atoms with Crippen LogP contribution in [0.3, 0.4) is 0 Å². The highest BCUT2D eigenvalue weighted by molar-refractivity contribution is 6.01. The second kappa shape index (κ2) is 7.00. The molecule has 0 fully saturated rings. The monoisotopic (exact) mass is 354 g/mol. The van der Waals surface area contributed by atoms with E-state index in [1.165, 1.54) is 11.0 Å². The zero-order valence-electron chi connectivity index (χ0n) is 14.4. The summed E-state index contributed by atoms with van der Waals surface area (Å²) in [5, 5.41) is 9.50. The molecule has 0 saturated heterocycles. The van der Waals surface area contributed by atoms with E-state index in [-0.39, 0.29) is 24.1 Å².